The molecule has 4 rings (SSSR count). The van der Waals surface area contributed by atoms with Crippen LogP contribution in [-0.2, 0) is 19.2 Å². The normalized spacial score (nSPS) is 14.9. The molecule has 1 aliphatic carbocycles. The number of carbonyl (C=O) groups excluding carboxylic acids is 1. The molecule has 0 N–H and O–H groups in total. The molecule has 0 bridgehead atoms. The van der Waals surface area contributed by atoms with Crippen LogP contribution in [0.4, 0.5) is 13.2 Å². The molecule has 0 aromatic heterocycles. The van der Waals surface area contributed by atoms with Gasteiger partial charge >= 0.3 is 6.18 Å². The lowest BCUT2D eigenvalue weighted by Gasteiger charge is -2.17. The topological polar surface area (TPSA) is 35.5 Å². The number of alkyl halides is 3. The highest BCUT2D eigenvalue weighted by molar-refractivity contribution is 6.13. The predicted molar refractivity (Wildman–Crippen MR) is 116 cm³/mol. The van der Waals surface area contributed by atoms with Crippen LogP contribution in [0, 0.1) is 0 Å². The Morgan fingerprint density at radius 1 is 0.938 bits per heavy atom. The van der Waals surface area contributed by atoms with Crippen LogP contribution in [0.3, 0.4) is 0 Å². The van der Waals surface area contributed by atoms with Crippen molar-refractivity contribution in [3.05, 3.63) is 100 Å². The highest BCUT2D eigenvalue weighted by Crippen LogP contribution is 2.33. The van der Waals surface area contributed by atoms with Gasteiger partial charge in [0, 0.05) is 11.1 Å². The molecular formula is C26H21F3O3. The van der Waals surface area contributed by atoms with Gasteiger partial charge in [-0.2, -0.15) is 13.2 Å². The van der Waals surface area contributed by atoms with E-state index in [-0.39, 0.29) is 12.4 Å². The first-order valence-corrected chi connectivity index (χ1v) is 10.2. The third-order valence-corrected chi connectivity index (χ3v) is 5.39. The van der Waals surface area contributed by atoms with Crippen LogP contribution in [0.15, 0.2) is 72.3 Å². The molecule has 32 heavy (non-hydrogen) atoms. The quantitative estimate of drug-likeness (QED) is 0.426. The van der Waals surface area contributed by atoms with E-state index in [1.54, 1.807) is 24.3 Å². The Labute approximate surface area is 184 Å². The van der Waals surface area contributed by atoms with Gasteiger partial charge in [0.15, 0.2) is 17.3 Å². The molecule has 0 aliphatic heterocycles. The maximum absolute atomic E-state index is 12.9. The third kappa shape index (κ3) is 4.69. The number of allylic oxidation sites excluding steroid dienone is 1. The fourth-order valence-electron chi connectivity index (χ4n) is 3.75. The number of ketones is 1. The largest absolute Gasteiger partial charge is 0.493 e. The lowest BCUT2D eigenvalue weighted by atomic mass is 9.86. The van der Waals surface area contributed by atoms with Gasteiger partial charge in [-0.25, -0.2) is 0 Å². The Morgan fingerprint density at radius 3 is 2.53 bits per heavy atom. The molecule has 0 spiro atoms. The summed E-state index contributed by atoms with van der Waals surface area (Å²) in [5.74, 6) is 0.873. The molecule has 0 saturated heterocycles. The van der Waals surface area contributed by atoms with Gasteiger partial charge < -0.3 is 9.47 Å². The molecule has 0 heterocycles. The van der Waals surface area contributed by atoms with E-state index in [1.807, 2.05) is 30.3 Å². The summed E-state index contributed by atoms with van der Waals surface area (Å²) >= 11 is 0. The average Bonchev–Trinajstić information content (AvgIpc) is 2.79. The number of fused-ring (bicyclic) bond motifs is 1. The van der Waals surface area contributed by atoms with Gasteiger partial charge in [-0.3, -0.25) is 4.79 Å². The van der Waals surface area contributed by atoms with Crippen molar-refractivity contribution in [1.82, 2.24) is 0 Å². The fraction of sp³-hybridized carbons (Fsp3) is 0.192. The van der Waals surface area contributed by atoms with Crippen molar-refractivity contribution in [3.63, 3.8) is 0 Å². The Morgan fingerprint density at radius 2 is 1.75 bits per heavy atom. The van der Waals surface area contributed by atoms with Gasteiger partial charge in [-0.05, 0) is 59.9 Å². The minimum Gasteiger partial charge on any atom is -0.493 e. The van der Waals surface area contributed by atoms with Crippen LogP contribution < -0.4 is 9.47 Å². The molecule has 0 fully saturated rings. The van der Waals surface area contributed by atoms with Crippen LogP contribution in [0.25, 0.3) is 6.08 Å². The zero-order valence-corrected chi connectivity index (χ0v) is 17.4. The van der Waals surface area contributed by atoms with E-state index in [0.29, 0.717) is 23.5 Å². The minimum atomic E-state index is -4.40. The van der Waals surface area contributed by atoms with Crippen LogP contribution in [-0.4, -0.2) is 12.9 Å². The highest BCUT2D eigenvalue weighted by atomic mass is 19.4. The predicted octanol–water partition coefficient (Wildman–Crippen LogP) is 6.51. The molecule has 0 unspecified atom stereocenters. The number of aryl methyl sites for hydroxylation is 1. The zero-order valence-electron chi connectivity index (χ0n) is 17.4. The smallest absolute Gasteiger partial charge is 0.416 e. The van der Waals surface area contributed by atoms with E-state index in [1.165, 1.54) is 13.2 Å². The van der Waals surface area contributed by atoms with E-state index < -0.39 is 11.7 Å². The molecule has 1 aliphatic rings. The summed E-state index contributed by atoms with van der Waals surface area (Å²) in [7, 11) is 1.49. The number of methoxy groups -OCH3 is 1. The van der Waals surface area contributed by atoms with Crippen molar-refractivity contribution < 1.29 is 27.4 Å². The molecule has 6 heteroatoms. The number of carbonyl (C=O) groups is 1. The Hall–Kier alpha value is -3.54. The number of ether oxygens (including phenoxy) is 2. The summed E-state index contributed by atoms with van der Waals surface area (Å²) in [4.78, 5) is 12.8. The summed E-state index contributed by atoms with van der Waals surface area (Å²) in [5, 5.41) is 0. The van der Waals surface area contributed by atoms with E-state index >= 15 is 0 Å². The first-order chi connectivity index (χ1) is 15.3. The summed E-state index contributed by atoms with van der Waals surface area (Å²) in [6.45, 7) is -0.0318. The minimum absolute atomic E-state index is 0.0238. The maximum atomic E-state index is 12.9. The summed E-state index contributed by atoms with van der Waals surface area (Å²) in [6.07, 6.45) is -1.09. The molecular weight excluding hydrogens is 417 g/mol. The number of hydrogen-bond acceptors (Lipinski definition) is 3. The standard InChI is InChI=1S/C26H21F3O3/c1-31-24-15-17(13-20-11-10-19-6-2-3-8-22(19)25(20)30)9-12-23(24)32-16-18-5-4-7-21(14-18)26(27,28)29/h2-9,12-15H,10-11,16H2,1H3/b20-13-. The van der Waals surface area contributed by atoms with Gasteiger partial charge in [0.1, 0.15) is 6.61 Å². The Bertz CT molecular complexity index is 1180. The van der Waals surface area contributed by atoms with Crippen LogP contribution in [0.1, 0.15) is 39.0 Å². The third-order valence-electron chi connectivity index (χ3n) is 5.39. The second-order valence-corrected chi connectivity index (χ2v) is 7.55. The molecule has 3 aromatic carbocycles. The number of rotatable bonds is 5. The van der Waals surface area contributed by atoms with Gasteiger partial charge in [0.05, 0.1) is 12.7 Å². The Balaban J connectivity index is 1.52. The number of hydrogen-bond donors (Lipinski definition) is 0. The van der Waals surface area contributed by atoms with E-state index in [4.69, 9.17) is 9.47 Å². The second-order valence-electron chi connectivity index (χ2n) is 7.55. The molecule has 164 valence electrons. The van der Waals surface area contributed by atoms with Crippen LogP contribution >= 0.6 is 0 Å². The summed E-state index contributed by atoms with van der Waals surface area (Å²) in [5.41, 5.74) is 2.99. The van der Waals surface area contributed by atoms with E-state index in [2.05, 4.69) is 0 Å². The molecule has 0 atom stereocenters. The lowest BCUT2D eigenvalue weighted by Crippen LogP contribution is -2.13. The molecule has 0 saturated carbocycles. The average molecular weight is 438 g/mol. The van der Waals surface area contributed by atoms with Crippen molar-refractivity contribution in [1.29, 1.82) is 0 Å². The number of halogens is 3. The number of benzene rings is 3. The highest BCUT2D eigenvalue weighted by Gasteiger charge is 2.30. The van der Waals surface area contributed by atoms with Gasteiger partial charge in [0.25, 0.3) is 0 Å². The second kappa shape index (κ2) is 8.91. The molecule has 3 nitrogen and oxygen atoms in total. The first-order valence-electron chi connectivity index (χ1n) is 10.2. The van der Waals surface area contributed by atoms with Crippen molar-refractivity contribution in [2.75, 3.05) is 7.11 Å². The summed E-state index contributed by atoms with van der Waals surface area (Å²) < 4.78 is 49.8. The van der Waals surface area contributed by atoms with E-state index in [9.17, 15) is 18.0 Å². The van der Waals surface area contributed by atoms with Crippen molar-refractivity contribution in [2.24, 2.45) is 0 Å². The first kappa shape index (κ1) is 21.7. The number of Topliss-reactive ketones (excluding diaryl/α,β-unsaturated/α-hetero) is 1. The van der Waals surface area contributed by atoms with E-state index in [0.717, 1.165) is 40.8 Å². The SMILES string of the molecule is COc1cc(/C=C2/CCc3ccccc3C2=O)ccc1OCc1cccc(C(F)(F)F)c1. The van der Waals surface area contributed by atoms with Crippen LogP contribution in [0.2, 0.25) is 0 Å². The van der Waals surface area contributed by atoms with Crippen molar-refractivity contribution >= 4 is 11.9 Å². The van der Waals surface area contributed by atoms with Gasteiger partial charge in [-0.1, -0.05) is 42.5 Å². The summed E-state index contributed by atoms with van der Waals surface area (Å²) in [6, 6.07) is 17.9. The van der Waals surface area contributed by atoms with Crippen LogP contribution in [0.5, 0.6) is 11.5 Å². The molecule has 0 radical (unpaired) electrons. The van der Waals surface area contributed by atoms with Crippen molar-refractivity contribution in [3.8, 4) is 11.5 Å². The molecule has 0 amide bonds. The van der Waals surface area contributed by atoms with Gasteiger partial charge in [0.2, 0.25) is 0 Å². The van der Waals surface area contributed by atoms with Crippen molar-refractivity contribution in [2.45, 2.75) is 25.6 Å². The monoisotopic (exact) mass is 438 g/mol. The molecule has 3 aromatic rings. The zero-order chi connectivity index (χ0) is 22.7. The maximum Gasteiger partial charge on any atom is 0.416 e. The lowest BCUT2D eigenvalue weighted by molar-refractivity contribution is -0.137. The fourth-order valence-corrected chi connectivity index (χ4v) is 3.75. The Kier molecular flexibility index (Phi) is 6.04. The van der Waals surface area contributed by atoms with Gasteiger partial charge in [-0.15, -0.1) is 0 Å².